The van der Waals surface area contributed by atoms with Gasteiger partial charge < -0.3 is 20.1 Å². The lowest BCUT2D eigenvalue weighted by atomic mass is 10.2. The molecule has 0 aromatic heterocycles. The normalized spacial score (nSPS) is 13.3. The molecular formula is C20H26IN3O2. The number of nitrogens with zero attached hydrogens (tertiary/aromatic N) is 1. The van der Waals surface area contributed by atoms with Gasteiger partial charge in [-0.25, -0.2) is 4.99 Å². The summed E-state index contributed by atoms with van der Waals surface area (Å²) in [4.78, 5) is 4.67. The number of aliphatic imine (C=N–C) groups is 1. The van der Waals surface area contributed by atoms with Gasteiger partial charge in [0.25, 0.3) is 0 Å². The molecule has 0 saturated heterocycles. The van der Waals surface area contributed by atoms with Gasteiger partial charge >= 0.3 is 0 Å². The first kappa shape index (κ1) is 20.4. The summed E-state index contributed by atoms with van der Waals surface area (Å²) in [6.45, 7) is 5.61. The first-order valence-electron chi connectivity index (χ1n) is 8.80. The van der Waals surface area contributed by atoms with E-state index >= 15 is 0 Å². The van der Waals surface area contributed by atoms with Gasteiger partial charge in [0.15, 0.2) is 17.5 Å². The lowest BCUT2D eigenvalue weighted by Gasteiger charge is -2.12. The standard InChI is InChI=1S/C20H25N3O2.HI/c1-2-21-20(22-14-16-7-4-3-5-8-16)23-15-17-9-10-18-19(13-17)25-12-6-11-24-18;/h3-5,7-10,13H,2,6,11-12,14-15H2,1H3,(H2,21,22,23);1H. The molecule has 2 aromatic rings. The van der Waals surface area contributed by atoms with E-state index < -0.39 is 0 Å². The van der Waals surface area contributed by atoms with Crippen molar-refractivity contribution in [2.24, 2.45) is 4.99 Å². The quantitative estimate of drug-likeness (QED) is 0.400. The fourth-order valence-corrected chi connectivity index (χ4v) is 2.60. The van der Waals surface area contributed by atoms with Crippen LogP contribution in [0.3, 0.4) is 0 Å². The maximum absolute atomic E-state index is 5.74. The summed E-state index contributed by atoms with van der Waals surface area (Å²) in [5, 5.41) is 6.64. The number of halogens is 1. The van der Waals surface area contributed by atoms with Gasteiger partial charge in [-0.15, -0.1) is 24.0 Å². The van der Waals surface area contributed by atoms with E-state index in [0.29, 0.717) is 19.8 Å². The second-order valence-corrected chi connectivity index (χ2v) is 5.87. The number of hydrogen-bond donors (Lipinski definition) is 2. The highest BCUT2D eigenvalue weighted by molar-refractivity contribution is 14.0. The Balaban J connectivity index is 0.00000243. The van der Waals surface area contributed by atoms with E-state index in [1.54, 1.807) is 0 Å². The van der Waals surface area contributed by atoms with E-state index in [9.17, 15) is 0 Å². The van der Waals surface area contributed by atoms with Crippen LogP contribution in [-0.4, -0.2) is 25.7 Å². The molecule has 0 bridgehead atoms. The predicted molar refractivity (Wildman–Crippen MR) is 116 cm³/mol. The van der Waals surface area contributed by atoms with Crippen molar-refractivity contribution in [3.63, 3.8) is 0 Å². The number of rotatable bonds is 5. The fourth-order valence-electron chi connectivity index (χ4n) is 2.60. The molecule has 140 valence electrons. The van der Waals surface area contributed by atoms with Crippen molar-refractivity contribution in [1.82, 2.24) is 10.6 Å². The number of nitrogens with one attached hydrogen (secondary N) is 2. The van der Waals surface area contributed by atoms with Crippen LogP contribution in [0.1, 0.15) is 24.5 Å². The molecule has 0 spiro atoms. The highest BCUT2D eigenvalue weighted by Crippen LogP contribution is 2.30. The van der Waals surface area contributed by atoms with E-state index in [1.807, 2.05) is 36.4 Å². The lowest BCUT2D eigenvalue weighted by Crippen LogP contribution is -2.36. The summed E-state index contributed by atoms with van der Waals surface area (Å²) >= 11 is 0. The summed E-state index contributed by atoms with van der Waals surface area (Å²) in [6.07, 6.45) is 0.913. The van der Waals surface area contributed by atoms with Crippen LogP contribution in [0.25, 0.3) is 0 Å². The summed E-state index contributed by atoms with van der Waals surface area (Å²) in [6, 6.07) is 16.3. The second kappa shape index (κ2) is 10.9. The van der Waals surface area contributed by atoms with Crippen LogP contribution < -0.4 is 20.1 Å². The Morgan fingerprint density at radius 1 is 0.962 bits per heavy atom. The minimum atomic E-state index is 0. The number of fused-ring (bicyclic) bond motifs is 1. The minimum absolute atomic E-state index is 0. The molecule has 1 aliphatic heterocycles. The maximum Gasteiger partial charge on any atom is 0.191 e. The Labute approximate surface area is 172 Å². The Kier molecular flexibility index (Phi) is 8.53. The minimum Gasteiger partial charge on any atom is -0.490 e. The molecule has 0 aliphatic carbocycles. The van der Waals surface area contributed by atoms with Gasteiger partial charge in [-0.05, 0) is 30.2 Å². The molecule has 0 fully saturated rings. The number of benzene rings is 2. The third kappa shape index (κ3) is 6.09. The molecule has 3 rings (SSSR count). The van der Waals surface area contributed by atoms with Crippen LogP contribution >= 0.6 is 24.0 Å². The molecule has 0 radical (unpaired) electrons. The topological polar surface area (TPSA) is 54.9 Å². The van der Waals surface area contributed by atoms with Crippen LogP contribution in [0.2, 0.25) is 0 Å². The molecule has 26 heavy (non-hydrogen) atoms. The van der Waals surface area contributed by atoms with E-state index in [-0.39, 0.29) is 24.0 Å². The Hall–Kier alpha value is -1.96. The van der Waals surface area contributed by atoms with Crippen molar-refractivity contribution in [2.75, 3.05) is 19.8 Å². The Morgan fingerprint density at radius 3 is 2.50 bits per heavy atom. The average molecular weight is 467 g/mol. The summed E-state index contributed by atoms with van der Waals surface area (Å²) in [5.41, 5.74) is 2.32. The van der Waals surface area contributed by atoms with Crippen molar-refractivity contribution in [3.05, 3.63) is 59.7 Å². The van der Waals surface area contributed by atoms with Crippen LogP contribution in [0.15, 0.2) is 53.5 Å². The SMILES string of the molecule is CCNC(=NCc1ccc2c(c1)OCCCO2)NCc1ccccc1.I. The molecule has 0 saturated carbocycles. The third-order valence-corrected chi connectivity index (χ3v) is 3.88. The highest BCUT2D eigenvalue weighted by atomic mass is 127. The molecule has 2 N–H and O–H groups in total. The van der Waals surface area contributed by atoms with Crippen molar-refractivity contribution in [3.8, 4) is 11.5 Å². The van der Waals surface area contributed by atoms with E-state index in [1.165, 1.54) is 5.56 Å². The van der Waals surface area contributed by atoms with Crippen LogP contribution in [0.5, 0.6) is 11.5 Å². The first-order valence-corrected chi connectivity index (χ1v) is 8.80. The molecule has 6 heteroatoms. The summed E-state index contributed by atoms with van der Waals surface area (Å²) in [5.74, 6) is 2.44. The third-order valence-electron chi connectivity index (χ3n) is 3.88. The zero-order valence-corrected chi connectivity index (χ0v) is 17.4. The average Bonchev–Trinajstić information content (AvgIpc) is 2.90. The molecular weight excluding hydrogens is 441 g/mol. The number of guanidine groups is 1. The molecule has 0 amide bonds. The van der Waals surface area contributed by atoms with Crippen molar-refractivity contribution in [1.29, 1.82) is 0 Å². The fraction of sp³-hybridized carbons (Fsp3) is 0.350. The van der Waals surface area contributed by atoms with Crippen molar-refractivity contribution >= 4 is 29.9 Å². The zero-order chi connectivity index (χ0) is 17.3. The van der Waals surface area contributed by atoms with E-state index in [0.717, 1.165) is 42.5 Å². The van der Waals surface area contributed by atoms with Crippen LogP contribution in [0.4, 0.5) is 0 Å². The number of hydrogen-bond acceptors (Lipinski definition) is 3. The molecule has 5 nitrogen and oxygen atoms in total. The molecule has 0 atom stereocenters. The molecule has 0 unspecified atom stereocenters. The predicted octanol–water partition coefficient (Wildman–Crippen LogP) is 3.72. The Morgan fingerprint density at radius 2 is 1.73 bits per heavy atom. The van der Waals surface area contributed by atoms with Gasteiger partial charge in [-0.1, -0.05) is 36.4 Å². The smallest absolute Gasteiger partial charge is 0.191 e. The largest absolute Gasteiger partial charge is 0.490 e. The molecule has 1 aliphatic rings. The van der Waals surface area contributed by atoms with Gasteiger partial charge in [0.2, 0.25) is 0 Å². The second-order valence-electron chi connectivity index (χ2n) is 5.87. The summed E-state index contributed by atoms with van der Waals surface area (Å²) < 4.78 is 11.4. The van der Waals surface area contributed by atoms with Gasteiger partial charge in [0.05, 0.1) is 19.8 Å². The van der Waals surface area contributed by atoms with Crippen LogP contribution in [0, 0.1) is 0 Å². The lowest BCUT2D eigenvalue weighted by molar-refractivity contribution is 0.297. The van der Waals surface area contributed by atoms with Gasteiger partial charge in [-0.3, -0.25) is 0 Å². The van der Waals surface area contributed by atoms with Crippen LogP contribution in [-0.2, 0) is 13.1 Å². The maximum atomic E-state index is 5.74. The van der Waals surface area contributed by atoms with E-state index in [2.05, 4.69) is 34.7 Å². The zero-order valence-electron chi connectivity index (χ0n) is 15.0. The molecule has 1 heterocycles. The number of ether oxygens (including phenoxy) is 2. The van der Waals surface area contributed by atoms with E-state index in [4.69, 9.17) is 9.47 Å². The van der Waals surface area contributed by atoms with Crippen molar-refractivity contribution < 1.29 is 9.47 Å². The Bertz CT molecular complexity index is 707. The highest BCUT2D eigenvalue weighted by Gasteiger charge is 2.10. The molecule has 2 aromatic carbocycles. The monoisotopic (exact) mass is 467 g/mol. The van der Waals surface area contributed by atoms with Gasteiger partial charge in [0, 0.05) is 19.5 Å². The first-order chi connectivity index (χ1) is 12.3. The van der Waals surface area contributed by atoms with Gasteiger partial charge in [0.1, 0.15) is 0 Å². The van der Waals surface area contributed by atoms with Gasteiger partial charge in [-0.2, -0.15) is 0 Å². The van der Waals surface area contributed by atoms with Crippen molar-refractivity contribution in [2.45, 2.75) is 26.4 Å². The summed E-state index contributed by atoms with van der Waals surface area (Å²) in [7, 11) is 0.